The number of hydrogen-bond donors (Lipinski definition) is 1. The van der Waals surface area contributed by atoms with Gasteiger partial charge in [0.05, 0.1) is 0 Å². The van der Waals surface area contributed by atoms with Gasteiger partial charge in [0.2, 0.25) is 0 Å². The lowest BCUT2D eigenvalue weighted by atomic mass is 9.91. The Balaban J connectivity index is 1.71. The molecular weight excluding hydrogens is 442 g/mol. The second-order valence-corrected chi connectivity index (χ2v) is 10.9. The van der Waals surface area contributed by atoms with E-state index >= 15 is 0 Å². The highest BCUT2D eigenvalue weighted by atomic mass is 16.5. The van der Waals surface area contributed by atoms with E-state index in [1.165, 1.54) is 46.5 Å². The second-order valence-electron chi connectivity index (χ2n) is 10.9. The molecule has 0 unspecified atom stereocenters. The van der Waals surface area contributed by atoms with E-state index in [4.69, 9.17) is 4.74 Å². The Labute approximate surface area is 219 Å². The Kier molecular flexibility index (Phi) is 8.99. The fourth-order valence-electron chi connectivity index (χ4n) is 5.77. The molecule has 3 aliphatic rings. The zero-order valence-electron chi connectivity index (χ0n) is 23.2. The maximum Gasteiger partial charge on any atom is 0.0485 e. The van der Waals surface area contributed by atoms with Crippen LogP contribution in [0.1, 0.15) is 69.6 Å². The summed E-state index contributed by atoms with van der Waals surface area (Å²) in [5, 5.41) is 3.50. The second kappa shape index (κ2) is 12.2. The molecule has 1 aromatic carbocycles. The zero-order valence-corrected chi connectivity index (χ0v) is 23.2. The minimum Gasteiger partial charge on any atom is -0.381 e. The molecule has 3 aliphatic heterocycles. The van der Waals surface area contributed by atoms with E-state index in [9.17, 15) is 0 Å². The molecule has 0 atom stereocenters. The summed E-state index contributed by atoms with van der Waals surface area (Å²) < 4.78 is 5.69. The van der Waals surface area contributed by atoms with Crippen molar-refractivity contribution in [3.63, 3.8) is 0 Å². The smallest absolute Gasteiger partial charge is 0.0485 e. The van der Waals surface area contributed by atoms with Crippen LogP contribution in [0.4, 0.5) is 5.69 Å². The van der Waals surface area contributed by atoms with Crippen LogP contribution in [0.25, 0.3) is 0 Å². The van der Waals surface area contributed by atoms with Crippen LogP contribution in [-0.2, 0) is 11.2 Å². The first-order valence-corrected chi connectivity index (χ1v) is 13.8. The summed E-state index contributed by atoms with van der Waals surface area (Å²) in [6.07, 6.45) is 8.63. The largest absolute Gasteiger partial charge is 0.381 e. The van der Waals surface area contributed by atoms with Crippen molar-refractivity contribution in [2.75, 3.05) is 44.8 Å². The van der Waals surface area contributed by atoms with Gasteiger partial charge in [-0.1, -0.05) is 30.1 Å². The Morgan fingerprint density at radius 3 is 2.53 bits per heavy atom. The fraction of sp³-hybridized carbons (Fsp3) is 0.562. The van der Waals surface area contributed by atoms with E-state index in [0.29, 0.717) is 12.0 Å². The third-order valence-corrected chi connectivity index (χ3v) is 8.22. The number of likely N-dealkylation sites (tertiary alicyclic amines) is 1. The van der Waals surface area contributed by atoms with Crippen molar-refractivity contribution in [2.24, 2.45) is 5.92 Å². The molecule has 2 fully saturated rings. The van der Waals surface area contributed by atoms with Crippen LogP contribution in [0, 0.1) is 24.7 Å². The molecule has 1 aromatic rings. The Bertz CT molecular complexity index is 1070. The van der Waals surface area contributed by atoms with Gasteiger partial charge in [-0.2, -0.15) is 0 Å². The lowest BCUT2D eigenvalue weighted by Gasteiger charge is -2.37. The molecule has 0 radical (unpaired) electrons. The molecule has 36 heavy (non-hydrogen) atoms. The first-order chi connectivity index (χ1) is 17.4. The van der Waals surface area contributed by atoms with Crippen LogP contribution in [0.15, 0.2) is 47.3 Å². The van der Waals surface area contributed by atoms with E-state index in [0.717, 1.165) is 69.8 Å². The van der Waals surface area contributed by atoms with Gasteiger partial charge in [-0.3, -0.25) is 0 Å². The van der Waals surface area contributed by atoms with Crippen molar-refractivity contribution in [1.29, 1.82) is 0 Å². The Hall–Kier alpha value is -2.48. The van der Waals surface area contributed by atoms with Gasteiger partial charge in [-0.25, -0.2) is 0 Å². The first-order valence-electron chi connectivity index (χ1n) is 13.8. The SMILES string of the molecule is C=C1NC(C)=CCC(C)=C1Cc1cc(C#CC2CCN(C)CC2)cc(N(CC)C2CCOCC2)c1C. The summed E-state index contributed by atoms with van der Waals surface area (Å²) in [6, 6.07) is 5.22. The minimum absolute atomic E-state index is 0.497. The molecule has 0 aliphatic carbocycles. The van der Waals surface area contributed by atoms with Gasteiger partial charge in [0.15, 0.2) is 0 Å². The van der Waals surface area contributed by atoms with Crippen LogP contribution in [-0.4, -0.2) is 50.8 Å². The highest BCUT2D eigenvalue weighted by Gasteiger charge is 2.24. The molecule has 4 nitrogen and oxygen atoms in total. The number of ether oxygens (including phenoxy) is 1. The number of nitrogens with one attached hydrogen (secondary N) is 1. The quantitative estimate of drug-likeness (QED) is 0.519. The molecule has 1 N–H and O–H groups in total. The third kappa shape index (κ3) is 6.44. The molecule has 0 saturated carbocycles. The van der Waals surface area contributed by atoms with E-state index in [1.54, 1.807) is 0 Å². The lowest BCUT2D eigenvalue weighted by Crippen LogP contribution is -2.40. The van der Waals surface area contributed by atoms with Crippen LogP contribution >= 0.6 is 0 Å². The van der Waals surface area contributed by atoms with Gasteiger partial charge in [0.1, 0.15) is 0 Å². The number of benzene rings is 1. The average Bonchev–Trinajstić information content (AvgIpc) is 2.99. The van der Waals surface area contributed by atoms with Gasteiger partial charge in [0, 0.05) is 54.4 Å². The number of anilines is 1. The summed E-state index contributed by atoms with van der Waals surface area (Å²) in [5.41, 5.74) is 10.2. The average molecular weight is 488 g/mol. The molecule has 2 saturated heterocycles. The summed E-state index contributed by atoms with van der Waals surface area (Å²) in [7, 11) is 2.21. The van der Waals surface area contributed by atoms with Crippen molar-refractivity contribution in [1.82, 2.24) is 10.2 Å². The van der Waals surface area contributed by atoms with Gasteiger partial charge < -0.3 is 19.9 Å². The van der Waals surface area contributed by atoms with Gasteiger partial charge in [0.25, 0.3) is 0 Å². The highest BCUT2D eigenvalue weighted by molar-refractivity contribution is 5.63. The summed E-state index contributed by atoms with van der Waals surface area (Å²) in [6.45, 7) is 18.3. The highest BCUT2D eigenvalue weighted by Crippen LogP contribution is 2.33. The number of hydrogen-bond acceptors (Lipinski definition) is 4. The van der Waals surface area contributed by atoms with Crippen LogP contribution in [0.2, 0.25) is 0 Å². The number of piperidine rings is 1. The van der Waals surface area contributed by atoms with Crippen molar-refractivity contribution >= 4 is 5.69 Å². The number of rotatable bonds is 5. The molecule has 4 rings (SSSR count). The molecule has 0 bridgehead atoms. The topological polar surface area (TPSA) is 27.7 Å². The Morgan fingerprint density at radius 1 is 1.11 bits per heavy atom. The van der Waals surface area contributed by atoms with E-state index in [2.05, 4.69) is 86.5 Å². The standard InChI is InChI=1S/C32H45N3O/c1-7-35(30-14-18-36-19-15-30)32-21-28(11-10-27-12-16-34(6)17-13-27)20-29(25(32)4)22-31-23(2)8-9-24(3)33-26(31)5/h9,20-21,27,30,33H,5,7-8,12-19,22H2,1-4,6H3. The molecule has 194 valence electrons. The van der Waals surface area contributed by atoms with Gasteiger partial charge >= 0.3 is 0 Å². The van der Waals surface area contributed by atoms with Gasteiger partial charge in [-0.15, -0.1) is 0 Å². The Morgan fingerprint density at radius 2 is 1.83 bits per heavy atom. The molecule has 0 aromatic heterocycles. The lowest BCUT2D eigenvalue weighted by molar-refractivity contribution is 0.0846. The van der Waals surface area contributed by atoms with E-state index in [1.807, 2.05) is 0 Å². The van der Waals surface area contributed by atoms with Crippen LogP contribution in [0.3, 0.4) is 0 Å². The molecule has 0 amide bonds. The molecular formula is C32H45N3O. The zero-order chi connectivity index (χ0) is 25.7. The van der Waals surface area contributed by atoms with E-state index < -0.39 is 0 Å². The van der Waals surface area contributed by atoms with Crippen LogP contribution < -0.4 is 10.2 Å². The molecule has 4 heteroatoms. The van der Waals surface area contributed by atoms with Crippen molar-refractivity contribution in [3.05, 3.63) is 64.0 Å². The number of allylic oxidation sites excluding steroid dienone is 4. The maximum absolute atomic E-state index is 5.69. The van der Waals surface area contributed by atoms with Gasteiger partial charge in [-0.05, 0) is 115 Å². The molecule has 3 heterocycles. The first kappa shape index (κ1) is 26.6. The van der Waals surface area contributed by atoms with Crippen molar-refractivity contribution < 1.29 is 4.74 Å². The normalized spacial score (nSPS) is 20.4. The van der Waals surface area contributed by atoms with Crippen molar-refractivity contribution in [3.8, 4) is 11.8 Å². The fourth-order valence-corrected chi connectivity index (χ4v) is 5.77. The summed E-state index contributed by atoms with van der Waals surface area (Å²) in [4.78, 5) is 5.02. The summed E-state index contributed by atoms with van der Waals surface area (Å²) in [5.74, 6) is 7.75. The maximum atomic E-state index is 5.69. The van der Waals surface area contributed by atoms with E-state index in [-0.39, 0.29) is 0 Å². The minimum atomic E-state index is 0.497. The predicted molar refractivity (Wildman–Crippen MR) is 152 cm³/mol. The van der Waals surface area contributed by atoms with Crippen LogP contribution in [0.5, 0.6) is 0 Å². The third-order valence-electron chi connectivity index (χ3n) is 8.22. The predicted octanol–water partition coefficient (Wildman–Crippen LogP) is 5.96. The summed E-state index contributed by atoms with van der Waals surface area (Å²) >= 11 is 0. The number of nitrogens with zero attached hydrogens (tertiary/aromatic N) is 2. The molecule has 0 spiro atoms. The monoisotopic (exact) mass is 487 g/mol. The van der Waals surface area contributed by atoms with Crippen molar-refractivity contribution in [2.45, 2.75) is 72.3 Å².